The summed E-state index contributed by atoms with van der Waals surface area (Å²) < 4.78 is 10.7. The molecule has 0 saturated carbocycles. The van der Waals surface area contributed by atoms with Gasteiger partial charge in [-0.25, -0.2) is 0 Å². The van der Waals surface area contributed by atoms with Crippen LogP contribution in [0.3, 0.4) is 0 Å². The number of hydrogen-bond acceptors (Lipinski definition) is 4. The Hall–Kier alpha value is -2.24. The number of amides is 2. The number of primary amides is 1. The van der Waals surface area contributed by atoms with Gasteiger partial charge in [0.2, 0.25) is 11.8 Å². The second-order valence-corrected chi connectivity index (χ2v) is 6.49. The van der Waals surface area contributed by atoms with Crippen LogP contribution >= 0.6 is 0 Å². The van der Waals surface area contributed by atoms with Crippen molar-refractivity contribution in [3.8, 4) is 11.5 Å². The summed E-state index contributed by atoms with van der Waals surface area (Å²) in [6, 6.07) is 6.86. The second-order valence-electron chi connectivity index (χ2n) is 6.49. The van der Waals surface area contributed by atoms with E-state index in [1.54, 1.807) is 7.11 Å². The quantitative estimate of drug-likeness (QED) is 0.567. The highest BCUT2D eigenvalue weighted by molar-refractivity contribution is 5.86. The molecule has 0 aromatic heterocycles. The minimum absolute atomic E-state index is 0.125. The van der Waals surface area contributed by atoms with Crippen molar-refractivity contribution in [1.29, 1.82) is 0 Å². The maximum atomic E-state index is 11.9. The van der Waals surface area contributed by atoms with Gasteiger partial charge in [0.15, 0.2) is 0 Å². The zero-order valence-electron chi connectivity index (χ0n) is 15.4. The van der Waals surface area contributed by atoms with Crippen LogP contribution in [-0.4, -0.2) is 31.6 Å². The van der Waals surface area contributed by atoms with Crippen molar-refractivity contribution in [1.82, 2.24) is 5.32 Å². The van der Waals surface area contributed by atoms with Crippen molar-refractivity contribution in [3.05, 3.63) is 24.3 Å². The first-order valence-corrected chi connectivity index (χ1v) is 8.78. The lowest BCUT2D eigenvalue weighted by Crippen LogP contribution is -2.45. The van der Waals surface area contributed by atoms with Crippen LogP contribution in [0.1, 0.15) is 46.0 Å². The highest BCUT2D eigenvalue weighted by Crippen LogP contribution is 2.17. The summed E-state index contributed by atoms with van der Waals surface area (Å²) >= 11 is 0. The van der Waals surface area contributed by atoms with Gasteiger partial charge in [0.25, 0.3) is 0 Å². The van der Waals surface area contributed by atoms with Gasteiger partial charge in [0, 0.05) is 6.42 Å². The highest BCUT2D eigenvalue weighted by Gasteiger charge is 2.18. The number of methoxy groups -OCH3 is 1. The van der Waals surface area contributed by atoms with Gasteiger partial charge in [-0.15, -0.1) is 0 Å². The Kier molecular flexibility index (Phi) is 9.43. The molecule has 6 heteroatoms. The van der Waals surface area contributed by atoms with Gasteiger partial charge < -0.3 is 20.5 Å². The molecule has 1 unspecified atom stereocenters. The molecule has 1 aromatic carbocycles. The molecule has 0 aliphatic rings. The van der Waals surface area contributed by atoms with Crippen molar-refractivity contribution in [2.24, 2.45) is 11.7 Å². The largest absolute Gasteiger partial charge is 0.497 e. The molecule has 3 N–H and O–H groups in total. The molecule has 0 aliphatic carbocycles. The first-order valence-electron chi connectivity index (χ1n) is 8.78. The molecule has 1 atom stereocenters. The standard InChI is InChI=1S/C19H30N2O4/c1-14(2)13-17(19(20)23)21-18(22)7-5-4-6-12-25-16-10-8-15(24-3)9-11-16/h8-11,14,17H,4-7,12-13H2,1-3H3,(H2,20,23)(H,21,22). The van der Waals surface area contributed by atoms with Crippen LogP contribution in [0, 0.1) is 5.92 Å². The minimum Gasteiger partial charge on any atom is -0.497 e. The van der Waals surface area contributed by atoms with Gasteiger partial charge in [0.1, 0.15) is 17.5 Å². The van der Waals surface area contributed by atoms with Crippen molar-refractivity contribution in [2.75, 3.05) is 13.7 Å². The maximum absolute atomic E-state index is 11.9. The molecule has 1 rings (SSSR count). The number of carbonyl (C=O) groups is 2. The summed E-state index contributed by atoms with van der Waals surface area (Å²) in [5, 5.41) is 2.72. The Morgan fingerprint density at radius 2 is 1.72 bits per heavy atom. The van der Waals surface area contributed by atoms with Gasteiger partial charge in [-0.05, 0) is 55.9 Å². The molecule has 0 saturated heterocycles. The van der Waals surface area contributed by atoms with E-state index in [4.69, 9.17) is 15.2 Å². The fourth-order valence-corrected chi connectivity index (χ4v) is 2.41. The van der Waals surface area contributed by atoms with E-state index in [1.807, 2.05) is 38.1 Å². The van der Waals surface area contributed by atoms with Crippen LogP contribution in [0.4, 0.5) is 0 Å². The average Bonchev–Trinajstić information content (AvgIpc) is 2.57. The smallest absolute Gasteiger partial charge is 0.240 e. The molecular formula is C19H30N2O4. The number of hydrogen-bond donors (Lipinski definition) is 2. The van der Waals surface area contributed by atoms with Crippen molar-refractivity contribution in [3.63, 3.8) is 0 Å². The van der Waals surface area contributed by atoms with E-state index in [1.165, 1.54) is 0 Å². The maximum Gasteiger partial charge on any atom is 0.240 e. The van der Waals surface area contributed by atoms with E-state index in [9.17, 15) is 9.59 Å². The third-order valence-electron chi connectivity index (χ3n) is 3.76. The molecule has 0 fully saturated rings. The number of benzene rings is 1. The fourth-order valence-electron chi connectivity index (χ4n) is 2.41. The molecule has 0 spiro atoms. The van der Waals surface area contributed by atoms with Crippen molar-refractivity contribution in [2.45, 2.75) is 52.0 Å². The van der Waals surface area contributed by atoms with E-state index in [2.05, 4.69) is 5.32 Å². The van der Waals surface area contributed by atoms with Gasteiger partial charge in [-0.3, -0.25) is 9.59 Å². The first kappa shape index (κ1) is 20.8. The van der Waals surface area contributed by atoms with Crippen LogP contribution in [-0.2, 0) is 9.59 Å². The highest BCUT2D eigenvalue weighted by atomic mass is 16.5. The number of ether oxygens (including phenoxy) is 2. The predicted molar refractivity (Wildman–Crippen MR) is 97.5 cm³/mol. The van der Waals surface area contributed by atoms with E-state index in [0.29, 0.717) is 25.4 Å². The zero-order valence-corrected chi connectivity index (χ0v) is 15.4. The molecule has 0 radical (unpaired) electrons. The number of rotatable bonds is 12. The second kappa shape index (κ2) is 11.3. The SMILES string of the molecule is COc1ccc(OCCCCCC(=O)NC(CC(C)C)C(N)=O)cc1. The molecule has 2 amide bonds. The normalized spacial score (nSPS) is 11.8. The van der Waals surface area contributed by atoms with Crippen LogP contribution in [0.25, 0.3) is 0 Å². The summed E-state index contributed by atoms with van der Waals surface area (Å²) in [6.07, 6.45) is 3.46. The van der Waals surface area contributed by atoms with Crippen LogP contribution in [0.5, 0.6) is 11.5 Å². The average molecular weight is 350 g/mol. The summed E-state index contributed by atoms with van der Waals surface area (Å²) in [6.45, 7) is 4.58. The van der Waals surface area contributed by atoms with Gasteiger partial charge >= 0.3 is 0 Å². The summed E-state index contributed by atoms with van der Waals surface area (Å²) in [5.74, 6) is 1.30. The predicted octanol–water partition coefficient (Wildman–Crippen LogP) is 2.65. The Morgan fingerprint density at radius 3 is 2.28 bits per heavy atom. The van der Waals surface area contributed by atoms with Crippen LogP contribution in [0.15, 0.2) is 24.3 Å². The van der Waals surface area contributed by atoms with E-state index < -0.39 is 11.9 Å². The van der Waals surface area contributed by atoms with E-state index in [0.717, 1.165) is 30.8 Å². The molecule has 1 aromatic rings. The van der Waals surface area contributed by atoms with Gasteiger partial charge in [-0.2, -0.15) is 0 Å². The van der Waals surface area contributed by atoms with E-state index >= 15 is 0 Å². The summed E-state index contributed by atoms with van der Waals surface area (Å²) in [7, 11) is 1.63. The monoisotopic (exact) mass is 350 g/mol. The molecular weight excluding hydrogens is 320 g/mol. The van der Waals surface area contributed by atoms with Crippen molar-refractivity contribution >= 4 is 11.8 Å². The lowest BCUT2D eigenvalue weighted by Gasteiger charge is -2.17. The molecule has 25 heavy (non-hydrogen) atoms. The Morgan fingerprint density at radius 1 is 1.08 bits per heavy atom. The molecule has 0 bridgehead atoms. The topological polar surface area (TPSA) is 90.7 Å². The summed E-state index contributed by atoms with van der Waals surface area (Å²) in [5.41, 5.74) is 5.32. The molecule has 140 valence electrons. The number of nitrogens with one attached hydrogen (secondary N) is 1. The van der Waals surface area contributed by atoms with Crippen LogP contribution in [0.2, 0.25) is 0 Å². The van der Waals surface area contributed by atoms with Crippen LogP contribution < -0.4 is 20.5 Å². The Labute approximate surface area is 150 Å². The van der Waals surface area contributed by atoms with E-state index in [-0.39, 0.29) is 5.91 Å². The number of unbranched alkanes of at least 4 members (excludes halogenated alkanes) is 2. The number of carbonyl (C=O) groups excluding carboxylic acids is 2. The third-order valence-corrected chi connectivity index (χ3v) is 3.76. The minimum atomic E-state index is -0.578. The zero-order chi connectivity index (χ0) is 18.7. The fraction of sp³-hybridized carbons (Fsp3) is 0.579. The van der Waals surface area contributed by atoms with Gasteiger partial charge in [0.05, 0.1) is 13.7 Å². The number of nitrogens with two attached hydrogens (primary N) is 1. The van der Waals surface area contributed by atoms with Gasteiger partial charge in [-0.1, -0.05) is 13.8 Å². The lowest BCUT2D eigenvalue weighted by molar-refractivity contribution is -0.127. The Bertz CT molecular complexity index is 529. The molecule has 0 heterocycles. The summed E-state index contributed by atoms with van der Waals surface area (Å²) in [4.78, 5) is 23.2. The van der Waals surface area contributed by atoms with Crippen molar-refractivity contribution < 1.29 is 19.1 Å². The molecule has 6 nitrogen and oxygen atoms in total. The Balaban J connectivity index is 2.15. The third kappa shape index (κ3) is 8.98. The molecule has 0 aliphatic heterocycles. The first-order chi connectivity index (χ1) is 11.9. The lowest BCUT2D eigenvalue weighted by atomic mass is 10.0.